The molecule has 2 heterocycles. The van der Waals surface area contributed by atoms with E-state index in [0.29, 0.717) is 11.8 Å². The van der Waals surface area contributed by atoms with Gasteiger partial charge in [0, 0.05) is 20.2 Å². The third kappa shape index (κ3) is 2.31. The highest BCUT2D eigenvalue weighted by Crippen LogP contribution is 2.20. The van der Waals surface area contributed by atoms with Crippen molar-refractivity contribution in [2.24, 2.45) is 0 Å². The third-order valence-electron chi connectivity index (χ3n) is 3.00. The number of anilines is 1. The molecule has 1 saturated heterocycles. The Bertz CT molecular complexity index is 374. The van der Waals surface area contributed by atoms with Crippen molar-refractivity contribution in [3.05, 3.63) is 24.0 Å². The molecule has 1 aromatic heterocycles. The van der Waals surface area contributed by atoms with Gasteiger partial charge in [-0.25, -0.2) is 4.98 Å². The minimum atomic E-state index is 0.391. The molecule has 2 rings (SSSR count). The quantitative estimate of drug-likeness (QED) is 0.754. The first-order valence-electron chi connectivity index (χ1n) is 5.47. The molecule has 84 valence electrons. The second-order valence-electron chi connectivity index (χ2n) is 3.94. The van der Waals surface area contributed by atoms with Crippen LogP contribution in [0.5, 0.6) is 0 Å². The summed E-state index contributed by atoms with van der Waals surface area (Å²) >= 11 is 0. The van der Waals surface area contributed by atoms with Gasteiger partial charge in [-0.3, -0.25) is 0 Å². The van der Waals surface area contributed by atoms with Gasteiger partial charge in [0.15, 0.2) is 0 Å². The summed E-state index contributed by atoms with van der Waals surface area (Å²) in [6.07, 6.45) is 4.26. The van der Waals surface area contributed by atoms with Crippen LogP contribution in [0.2, 0.25) is 0 Å². The Morgan fingerprint density at radius 1 is 1.44 bits per heavy atom. The first kappa shape index (κ1) is 10.9. The predicted octanol–water partition coefficient (Wildman–Crippen LogP) is 1.57. The summed E-state index contributed by atoms with van der Waals surface area (Å²) < 4.78 is 5.33. The number of pyridine rings is 1. The number of nitriles is 1. The van der Waals surface area contributed by atoms with Crippen LogP contribution in [0.1, 0.15) is 18.5 Å². The van der Waals surface area contributed by atoms with Gasteiger partial charge in [0.25, 0.3) is 0 Å². The molecule has 0 amide bonds. The van der Waals surface area contributed by atoms with Crippen LogP contribution in [0, 0.1) is 11.3 Å². The molecule has 4 nitrogen and oxygen atoms in total. The third-order valence-corrected chi connectivity index (χ3v) is 3.00. The molecule has 0 unspecified atom stereocenters. The molecule has 1 aromatic rings. The van der Waals surface area contributed by atoms with Crippen molar-refractivity contribution in [2.45, 2.75) is 18.9 Å². The maximum absolute atomic E-state index is 8.66. The number of methoxy groups -OCH3 is 1. The van der Waals surface area contributed by atoms with Crippen molar-refractivity contribution in [3.8, 4) is 6.07 Å². The van der Waals surface area contributed by atoms with Crippen molar-refractivity contribution in [1.29, 1.82) is 5.26 Å². The Kier molecular flexibility index (Phi) is 3.37. The number of aromatic nitrogens is 1. The molecule has 0 spiro atoms. The van der Waals surface area contributed by atoms with Gasteiger partial charge >= 0.3 is 0 Å². The van der Waals surface area contributed by atoms with Crippen molar-refractivity contribution in [1.82, 2.24) is 4.98 Å². The highest BCUT2D eigenvalue weighted by atomic mass is 16.5. The average Bonchev–Trinajstić information content (AvgIpc) is 2.39. The molecule has 0 saturated carbocycles. The van der Waals surface area contributed by atoms with Crippen molar-refractivity contribution in [2.75, 3.05) is 25.1 Å². The van der Waals surface area contributed by atoms with Gasteiger partial charge < -0.3 is 9.64 Å². The molecule has 0 atom stereocenters. The van der Waals surface area contributed by atoms with Crippen LogP contribution in [0.25, 0.3) is 0 Å². The van der Waals surface area contributed by atoms with Crippen LogP contribution in [-0.4, -0.2) is 31.3 Å². The Morgan fingerprint density at radius 3 is 2.69 bits per heavy atom. The van der Waals surface area contributed by atoms with Crippen molar-refractivity contribution >= 4 is 5.69 Å². The lowest BCUT2D eigenvalue weighted by molar-refractivity contribution is 0.0819. The Labute approximate surface area is 95.5 Å². The van der Waals surface area contributed by atoms with Gasteiger partial charge in [-0.05, 0) is 25.0 Å². The highest BCUT2D eigenvalue weighted by Gasteiger charge is 2.18. The fraction of sp³-hybridized carbons (Fsp3) is 0.500. The number of piperidine rings is 1. The van der Waals surface area contributed by atoms with Gasteiger partial charge in [0.05, 0.1) is 18.0 Å². The molecule has 0 aromatic carbocycles. The fourth-order valence-electron chi connectivity index (χ4n) is 1.99. The summed E-state index contributed by atoms with van der Waals surface area (Å²) in [6.45, 7) is 1.98. The Hall–Kier alpha value is -1.60. The van der Waals surface area contributed by atoms with Gasteiger partial charge in [0.1, 0.15) is 11.8 Å². The molecular formula is C12H15N3O. The van der Waals surface area contributed by atoms with E-state index in [9.17, 15) is 0 Å². The normalized spacial score (nSPS) is 17.1. The number of nitrogens with zero attached hydrogens (tertiary/aromatic N) is 3. The molecule has 0 aliphatic carbocycles. The van der Waals surface area contributed by atoms with Gasteiger partial charge in [0.2, 0.25) is 0 Å². The molecule has 1 aliphatic rings. The van der Waals surface area contributed by atoms with E-state index in [0.717, 1.165) is 31.6 Å². The van der Waals surface area contributed by atoms with Gasteiger partial charge in [-0.15, -0.1) is 0 Å². The van der Waals surface area contributed by atoms with Crippen LogP contribution in [0.3, 0.4) is 0 Å². The highest BCUT2D eigenvalue weighted by molar-refractivity contribution is 5.46. The zero-order valence-corrected chi connectivity index (χ0v) is 9.39. The molecule has 0 radical (unpaired) electrons. The van der Waals surface area contributed by atoms with E-state index in [1.54, 1.807) is 19.4 Å². The summed E-state index contributed by atoms with van der Waals surface area (Å²) in [5, 5.41) is 8.66. The Balaban J connectivity index is 2.00. The Morgan fingerprint density at radius 2 is 2.19 bits per heavy atom. The molecule has 16 heavy (non-hydrogen) atoms. The molecule has 4 heteroatoms. The molecule has 0 bridgehead atoms. The molecule has 0 N–H and O–H groups in total. The summed E-state index contributed by atoms with van der Waals surface area (Å²) in [7, 11) is 1.77. The topological polar surface area (TPSA) is 49.1 Å². The lowest BCUT2D eigenvalue weighted by Gasteiger charge is -2.32. The smallest absolute Gasteiger partial charge is 0.140 e. The summed E-state index contributed by atoms with van der Waals surface area (Å²) in [5.74, 6) is 0. The second-order valence-corrected chi connectivity index (χ2v) is 3.94. The van der Waals surface area contributed by atoms with E-state index >= 15 is 0 Å². The zero-order valence-electron chi connectivity index (χ0n) is 9.39. The van der Waals surface area contributed by atoms with Crippen LogP contribution in [0.15, 0.2) is 18.3 Å². The number of hydrogen-bond acceptors (Lipinski definition) is 4. The van der Waals surface area contributed by atoms with E-state index < -0.39 is 0 Å². The maximum atomic E-state index is 8.66. The predicted molar refractivity (Wildman–Crippen MR) is 61.2 cm³/mol. The van der Waals surface area contributed by atoms with E-state index in [1.165, 1.54) is 0 Å². The largest absolute Gasteiger partial charge is 0.381 e. The first-order chi connectivity index (χ1) is 7.83. The molecule has 1 aliphatic heterocycles. The monoisotopic (exact) mass is 217 g/mol. The van der Waals surface area contributed by atoms with Gasteiger partial charge in [-0.1, -0.05) is 0 Å². The first-order valence-corrected chi connectivity index (χ1v) is 5.47. The van der Waals surface area contributed by atoms with Gasteiger partial charge in [-0.2, -0.15) is 5.26 Å². The fourth-order valence-corrected chi connectivity index (χ4v) is 1.99. The number of rotatable bonds is 2. The summed E-state index contributed by atoms with van der Waals surface area (Å²) in [5.41, 5.74) is 1.56. The van der Waals surface area contributed by atoms with Crippen LogP contribution in [-0.2, 0) is 4.74 Å². The van der Waals surface area contributed by atoms with E-state index in [-0.39, 0.29) is 0 Å². The molecule has 1 fully saturated rings. The van der Waals surface area contributed by atoms with Crippen LogP contribution < -0.4 is 4.90 Å². The number of ether oxygens (including phenoxy) is 1. The minimum absolute atomic E-state index is 0.391. The second kappa shape index (κ2) is 4.95. The van der Waals surface area contributed by atoms with Crippen molar-refractivity contribution in [3.63, 3.8) is 0 Å². The molecular weight excluding hydrogens is 202 g/mol. The van der Waals surface area contributed by atoms with E-state index in [4.69, 9.17) is 10.00 Å². The SMILES string of the molecule is COC1CCN(c2ccc(C#N)nc2)CC1. The standard InChI is InChI=1S/C12H15N3O/c1-16-12-4-6-15(7-5-12)11-3-2-10(8-13)14-9-11/h2-3,9,12H,4-7H2,1H3. The number of hydrogen-bond donors (Lipinski definition) is 0. The van der Waals surface area contributed by atoms with Crippen LogP contribution >= 0.6 is 0 Å². The average molecular weight is 217 g/mol. The van der Waals surface area contributed by atoms with Crippen molar-refractivity contribution < 1.29 is 4.74 Å². The maximum Gasteiger partial charge on any atom is 0.140 e. The lowest BCUT2D eigenvalue weighted by atomic mass is 10.1. The van der Waals surface area contributed by atoms with Crippen LogP contribution in [0.4, 0.5) is 5.69 Å². The minimum Gasteiger partial charge on any atom is -0.381 e. The summed E-state index contributed by atoms with van der Waals surface area (Å²) in [6, 6.07) is 5.74. The van der Waals surface area contributed by atoms with E-state index in [2.05, 4.69) is 9.88 Å². The zero-order chi connectivity index (χ0) is 11.4. The lowest BCUT2D eigenvalue weighted by Crippen LogP contribution is -2.36. The van der Waals surface area contributed by atoms with E-state index in [1.807, 2.05) is 12.1 Å². The summed E-state index contributed by atoms with van der Waals surface area (Å²) in [4.78, 5) is 6.36.